The van der Waals surface area contributed by atoms with E-state index in [4.69, 9.17) is 22.7 Å². The van der Waals surface area contributed by atoms with Crippen LogP contribution in [0.4, 0.5) is 4.39 Å². The summed E-state index contributed by atoms with van der Waals surface area (Å²) in [6.07, 6.45) is 0.546. The van der Waals surface area contributed by atoms with E-state index in [-0.39, 0.29) is 22.1 Å². The summed E-state index contributed by atoms with van der Waals surface area (Å²) in [5.74, 6) is -0.756. The molecule has 0 amide bonds. The highest BCUT2D eigenvalue weighted by molar-refractivity contribution is 7.89. The van der Waals surface area contributed by atoms with Crippen molar-refractivity contribution in [1.29, 1.82) is 0 Å². The first-order chi connectivity index (χ1) is 9.25. The molecular formula is C12H15FN2O3S2. The molecule has 110 valence electrons. The third kappa shape index (κ3) is 2.98. The Morgan fingerprint density at radius 3 is 2.80 bits per heavy atom. The van der Waals surface area contributed by atoms with Crippen LogP contribution in [0.2, 0.25) is 0 Å². The molecule has 1 atom stereocenters. The van der Waals surface area contributed by atoms with E-state index in [0.29, 0.717) is 13.0 Å². The maximum Gasteiger partial charge on any atom is 0.241 e. The lowest BCUT2D eigenvalue weighted by Gasteiger charge is -2.24. The number of halogens is 1. The van der Waals surface area contributed by atoms with Crippen LogP contribution in [0.5, 0.6) is 0 Å². The van der Waals surface area contributed by atoms with E-state index in [2.05, 4.69) is 4.72 Å². The molecule has 1 aromatic carbocycles. The lowest BCUT2D eigenvalue weighted by Crippen LogP contribution is -2.46. The summed E-state index contributed by atoms with van der Waals surface area (Å²) in [5.41, 5.74) is 4.45. The molecule has 2 rings (SSSR count). The Morgan fingerprint density at radius 2 is 2.25 bits per heavy atom. The van der Waals surface area contributed by atoms with Crippen molar-refractivity contribution in [3.05, 3.63) is 29.6 Å². The summed E-state index contributed by atoms with van der Waals surface area (Å²) >= 11 is 4.74. The number of benzene rings is 1. The van der Waals surface area contributed by atoms with Gasteiger partial charge in [-0.3, -0.25) is 0 Å². The second-order valence-electron chi connectivity index (χ2n) is 4.95. The van der Waals surface area contributed by atoms with Gasteiger partial charge in [0.05, 0.1) is 22.6 Å². The van der Waals surface area contributed by atoms with E-state index in [1.54, 1.807) is 6.92 Å². The Kier molecular flexibility index (Phi) is 4.10. The van der Waals surface area contributed by atoms with Crippen molar-refractivity contribution in [1.82, 2.24) is 4.72 Å². The number of thiocarbonyl (C=S) groups is 1. The van der Waals surface area contributed by atoms with Crippen molar-refractivity contribution < 1.29 is 17.5 Å². The molecule has 0 radical (unpaired) electrons. The quantitative estimate of drug-likeness (QED) is 0.807. The molecule has 1 unspecified atom stereocenters. The van der Waals surface area contributed by atoms with Gasteiger partial charge in [0, 0.05) is 6.61 Å². The van der Waals surface area contributed by atoms with Gasteiger partial charge >= 0.3 is 0 Å². The molecule has 1 heterocycles. The van der Waals surface area contributed by atoms with Gasteiger partial charge in [-0.2, -0.15) is 0 Å². The molecule has 0 saturated carbocycles. The number of rotatable bonds is 4. The fourth-order valence-electron chi connectivity index (χ4n) is 2.09. The lowest BCUT2D eigenvalue weighted by molar-refractivity contribution is 0.178. The highest BCUT2D eigenvalue weighted by Crippen LogP contribution is 2.24. The molecule has 3 N–H and O–H groups in total. The van der Waals surface area contributed by atoms with Gasteiger partial charge in [0.25, 0.3) is 0 Å². The summed E-state index contributed by atoms with van der Waals surface area (Å²) in [6, 6.07) is 3.70. The molecule has 20 heavy (non-hydrogen) atoms. The van der Waals surface area contributed by atoms with Gasteiger partial charge in [0.1, 0.15) is 10.8 Å². The minimum Gasteiger partial charge on any atom is -0.389 e. The monoisotopic (exact) mass is 318 g/mol. The SMILES string of the molecule is CC1(NS(=O)(=O)c2cccc(F)c2C(N)=S)CCOC1. The molecule has 1 aliphatic rings. The molecule has 1 saturated heterocycles. The van der Waals surface area contributed by atoms with E-state index in [9.17, 15) is 12.8 Å². The normalized spacial score (nSPS) is 22.9. The standard InChI is InChI=1S/C12H15FN2O3S2/c1-12(5-6-18-7-12)15-20(16,17)9-4-2-3-8(13)10(9)11(14)19/h2-4,15H,5-7H2,1H3,(H2,14,19). The van der Waals surface area contributed by atoms with E-state index < -0.39 is 21.4 Å². The van der Waals surface area contributed by atoms with Crippen LogP contribution in [0.15, 0.2) is 23.1 Å². The Morgan fingerprint density at radius 1 is 1.55 bits per heavy atom. The average molecular weight is 318 g/mol. The van der Waals surface area contributed by atoms with Gasteiger partial charge < -0.3 is 10.5 Å². The van der Waals surface area contributed by atoms with Crippen molar-refractivity contribution >= 4 is 27.2 Å². The fraction of sp³-hybridized carbons (Fsp3) is 0.417. The van der Waals surface area contributed by atoms with Crippen LogP contribution in [-0.2, 0) is 14.8 Å². The molecule has 1 fully saturated rings. The molecule has 0 bridgehead atoms. The van der Waals surface area contributed by atoms with Crippen LogP contribution >= 0.6 is 12.2 Å². The van der Waals surface area contributed by atoms with Crippen molar-refractivity contribution in [2.75, 3.05) is 13.2 Å². The summed E-state index contributed by atoms with van der Waals surface area (Å²) in [5, 5.41) is 0. The van der Waals surface area contributed by atoms with E-state index in [1.165, 1.54) is 12.1 Å². The van der Waals surface area contributed by atoms with Gasteiger partial charge in [-0.1, -0.05) is 18.3 Å². The highest BCUT2D eigenvalue weighted by atomic mass is 32.2. The number of sulfonamides is 1. The van der Waals surface area contributed by atoms with Crippen molar-refractivity contribution in [2.45, 2.75) is 23.8 Å². The Hall–Kier alpha value is -1.09. The topological polar surface area (TPSA) is 81.4 Å². The first-order valence-electron chi connectivity index (χ1n) is 5.95. The second-order valence-corrected chi connectivity index (χ2v) is 7.04. The molecule has 8 heteroatoms. The number of ether oxygens (including phenoxy) is 1. The van der Waals surface area contributed by atoms with Crippen molar-refractivity contribution in [3.63, 3.8) is 0 Å². The predicted octanol–water partition coefficient (Wildman–Crippen LogP) is 0.917. The van der Waals surface area contributed by atoms with E-state index in [0.717, 1.165) is 6.07 Å². The maximum atomic E-state index is 13.8. The zero-order valence-corrected chi connectivity index (χ0v) is 12.5. The Bertz CT molecular complexity index is 640. The summed E-state index contributed by atoms with van der Waals surface area (Å²) < 4.78 is 46.3. The van der Waals surface area contributed by atoms with Crippen LogP contribution < -0.4 is 10.5 Å². The number of nitrogens with one attached hydrogen (secondary N) is 1. The summed E-state index contributed by atoms with van der Waals surface area (Å²) in [4.78, 5) is -0.547. The molecular weight excluding hydrogens is 303 g/mol. The summed E-state index contributed by atoms with van der Waals surface area (Å²) in [7, 11) is -3.94. The zero-order chi connectivity index (χ0) is 15.0. The third-order valence-electron chi connectivity index (χ3n) is 3.11. The molecule has 0 aliphatic carbocycles. The molecule has 0 spiro atoms. The van der Waals surface area contributed by atoms with Crippen LogP contribution in [0.1, 0.15) is 18.9 Å². The van der Waals surface area contributed by atoms with Gasteiger partial charge in [-0.05, 0) is 25.5 Å². The first kappa shape index (κ1) is 15.3. The largest absolute Gasteiger partial charge is 0.389 e. The van der Waals surface area contributed by atoms with Gasteiger partial charge in [0.15, 0.2) is 0 Å². The Labute approximate surface area is 122 Å². The van der Waals surface area contributed by atoms with E-state index >= 15 is 0 Å². The van der Waals surface area contributed by atoms with Gasteiger partial charge in [0.2, 0.25) is 10.0 Å². The lowest BCUT2D eigenvalue weighted by atomic mass is 10.0. The first-order valence-corrected chi connectivity index (χ1v) is 7.84. The van der Waals surface area contributed by atoms with Crippen LogP contribution in [0.3, 0.4) is 0 Å². The minimum atomic E-state index is -3.94. The maximum absolute atomic E-state index is 13.8. The number of hydrogen-bond acceptors (Lipinski definition) is 4. The van der Waals surface area contributed by atoms with E-state index in [1.807, 2.05) is 0 Å². The highest BCUT2D eigenvalue weighted by Gasteiger charge is 2.36. The van der Waals surface area contributed by atoms with Crippen LogP contribution in [-0.4, -0.2) is 32.2 Å². The number of hydrogen-bond donors (Lipinski definition) is 2. The second kappa shape index (κ2) is 5.36. The van der Waals surface area contributed by atoms with Crippen LogP contribution in [0, 0.1) is 5.82 Å². The smallest absolute Gasteiger partial charge is 0.241 e. The fourth-order valence-corrected chi connectivity index (χ4v) is 4.02. The molecule has 5 nitrogen and oxygen atoms in total. The van der Waals surface area contributed by atoms with Gasteiger partial charge in [-0.15, -0.1) is 0 Å². The van der Waals surface area contributed by atoms with Crippen molar-refractivity contribution in [3.8, 4) is 0 Å². The zero-order valence-electron chi connectivity index (χ0n) is 10.8. The number of nitrogens with two attached hydrogens (primary N) is 1. The molecule has 1 aromatic rings. The summed E-state index contributed by atoms with van der Waals surface area (Å²) in [6.45, 7) is 2.48. The minimum absolute atomic E-state index is 0.252. The molecule has 0 aromatic heterocycles. The van der Waals surface area contributed by atoms with Gasteiger partial charge in [-0.25, -0.2) is 17.5 Å². The Balaban J connectivity index is 2.45. The third-order valence-corrected chi connectivity index (χ3v) is 5.00. The average Bonchev–Trinajstić information content (AvgIpc) is 2.73. The predicted molar refractivity (Wildman–Crippen MR) is 76.4 cm³/mol. The van der Waals surface area contributed by atoms with Crippen LogP contribution in [0.25, 0.3) is 0 Å². The molecule has 1 aliphatic heterocycles. The van der Waals surface area contributed by atoms with Crippen molar-refractivity contribution in [2.24, 2.45) is 5.73 Å².